The maximum Gasteiger partial charge on any atom is 0.166 e. The summed E-state index contributed by atoms with van der Waals surface area (Å²) in [6, 6.07) is 59.6. The largest absolute Gasteiger partial charge is 0.308 e. The van der Waals surface area contributed by atoms with Gasteiger partial charge in [0.15, 0.2) is 17.5 Å². The first kappa shape index (κ1) is 28.6. The number of hydrogen-bond donors (Lipinski definition) is 0. The van der Waals surface area contributed by atoms with Crippen LogP contribution in [0.2, 0.25) is 0 Å². The Bertz CT molecular complexity index is 2800. The predicted molar refractivity (Wildman–Crippen MR) is 209 cm³/mol. The van der Waals surface area contributed by atoms with Crippen molar-refractivity contribution in [2.75, 3.05) is 0 Å². The minimum absolute atomic E-state index is 0.624. The fourth-order valence-corrected chi connectivity index (χ4v) is 8.29. The van der Waals surface area contributed by atoms with Gasteiger partial charge in [0.2, 0.25) is 0 Å². The van der Waals surface area contributed by atoms with E-state index < -0.39 is 0 Å². The first-order valence-corrected chi connectivity index (χ1v) is 17.5. The predicted octanol–water partition coefficient (Wildman–Crippen LogP) is 12.0. The zero-order chi connectivity index (χ0) is 33.0. The second kappa shape index (κ2) is 11.6. The Labute approximate surface area is 292 Å². The molecule has 0 radical (unpaired) electrons. The highest BCUT2D eigenvalue weighted by atomic mass is 32.1. The molecule has 0 aliphatic heterocycles. The molecule has 0 saturated carbocycles. The lowest BCUT2D eigenvalue weighted by Gasteiger charge is -2.19. The summed E-state index contributed by atoms with van der Waals surface area (Å²) >= 11 is 1.84. The molecule has 234 valence electrons. The topological polar surface area (TPSA) is 43.6 Å². The number of thiophene rings is 1. The number of aromatic nitrogens is 4. The molecular formula is C45H28N4S. The molecule has 0 spiro atoms. The van der Waals surface area contributed by atoms with E-state index in [-0.39, 0.29) is 0 Å². The van der Waals surface area contributed by atoms with Gasteiger partial charge in [-0.2, -0.15) is 0 Å². The van der Waals surface area contributed by atoms with Crippen molar-refractivity contribution in [3.05, 3.63) is 170 Å². The molecule has 3 aromatic heterocycles. The third-order valence-corrected chi connectivity index (χ3v) is 10.6. The van der Waals surface area contributed by atoms with Crippen molar-refractivity contribution in [2.45, 2.75) is 0 Å². The number of hydrogen-bond acceptors (Lipinski definition) is 4. The van der Waals surface area contributed by atoms with E-state index in [9.17, 15) is 0 Å². The molecule has 0 aliphatic carbocycles. The molecule has 0 saturated heterocycles. The van der Waals surface area contributed by atoms with E-state index in [1.165, 1.54) is 30.9 Å². The molecule has 0 unspecified atom stereocenters. The smallest absolute Gasteiger partial charge is 0.166 e. The molecule has 4 nitrogen and oxygen atoms in total. The van der Waals surface area contributed by atoms with Crippen molar-refractivity contribution in [1.82, 2.24) is 19.5 Å². The standard InChI is InChI=1S/C45H28N4S/c1-4-15-29(16-5-1)32-23-14-24-35(45-47-43(30-17-6-2-7-18-30)46-44(48-45)31-19-8-3-9-20-31)42(32)49-38-25-12-10-21-33(38)36-27-37-34-22-11-13-26-40(34)50-41(37)28-39(36)49/h1-28H. The van der Waals surface area contributed by atoms with E-state index in [0.29, 0.717) is 17.5 Å². The highest BCUT2D eigenvalue weighted by Gasteiger charge is 2.23. The van der Waals surface area contributed by atoms with Crippen molar-refractivity contribution in [3.8, 4) is 51.0 Å². The van der Waals surface area contributed by atoms with Crippen molar-refractivity contribution < 1.29 is 0 Å². The van der Waals surface area contributed by atoms with Crippen LogP contribution in [0.4, 0.5) is 0 Å². The molecule has 5 heteroatoms. The van der Waals surface area contributed by atoms with Gasteiger partial charge in [-0.3, -0.25) is 0 Å². The van der Waals surface area contributed by atoms with Crippen LogP contribution in [0.5, 0.6) is 0 Å². The fourth-order valence-electron chi connectivity index (χ4n) is 7.17. The lowest BCUT2D eigenvalue weighted by Crippen LogP contribution is -2.05. The van der Waals surface area contributed by atoms with Crippen LogP contribution in [0.1, 0.15) is 0 Å². The van der Waals surface area contributed by atoms with Crippen molar-refractivity contribution in [2.24, 2.45) is 0 Å². The van der Waals surface area contributed by atoms with Crippen LogP contribution >= 0.6 is 11.3 Å². The molecule has 7 aromatic carbocycles. The van der Waals surface area contributed by atoms with Gasteiger partial charge in [0, 0.05) is 53.2 Å². The first-order chi connectivity index (χ1) is 24.8. The van der Waals surface area contributed by atoms with E-state index in [2.05, 4.69) is 138 Å². The molecular weight excluding hydrogens is 629 g/mol. The molecule has 10 rings (SSSR count). The SMILES string of the molecule is c1ccc(-c2nc(-c3ccccc3)nc(-c3cccc(-c4ccccc4)c3-n3c4ccccc4c4cc5c(cc43)sc3ccccc35)n2)cc1. The Morgan fingerprint density at radius 3 is 1.62 bits per heavy atom. The summed E-state index contributed by atoms with van der Waals surface area (Å²) in [5.41, 5.74) is 8.36. The van der Waals surface area contributed by atoms with Crippen LogP contribution in [0, 0.1) is 0 Å². The Morgan fingerprint density at radius 2 is 0.920 bits per heavy atom. The van der Waals surface area contributed by atoms with Gasteiger partial charge >= 0.3 is 0 Å². The van der Waals surface area contributed by atoms with Gasteiger partial charge < -0.3 is 4.57 Å². The Kier molecular flexibility index (Phi) is 6.64. The summed E-state index contributed by atoms with van der Waals surface area (Å²) < 4.78 is 4.99. The van der Waals surface area contributed by atoms with Gasteiger partial charge in [-0.15, -0.1) is 11.3 Å². The van der Waals surface area contributed by atoms with Crippen LogP contribution in [-0.4, -0.2) is 19.5 Å². The highest BCUT2D eigenvalue weighted by Crippen LogP contribution is 2.44. The molecule has 0 atom stereocenters. The summed E-state index contributed by atoms with van der Waals surface area (Å²) in [4.78, 5) is 15.4. The number of nitrogens with zero attached hydrogens (tertiary/aromatic N) is 4. The zero-order valence-corrected chi connectivity index (χ0v) is 27.7. The Hall–Kier alpha value is -6.43. The van der Waals surface area contributed by atoms with Crippen molar-refractivity contribution >= 4 is 53.3 Å². The number of fused-ring (bicyclic) bond motifs is 6. The quantitative estimate of drug-likeness (QED) is 0.185. The average Bonchev–Trinajstić information content (AvgIpc) is 3.72. The third-order valence-electron chi connectivity index (χ3n) is 9.46. The summed E-state index contributed by atoms with van der Waals surface area (Å²) in [7, 11) is 0. The third kappa shape index (κ3) is 4.63. The van der Waals surface area contributed by atoms with E-state index in [4.69, 9.17) is 15.0 Å². The highest BCUT2D eigenvalue weighted by molar-refractivity contribution is 7.25. The van der Waals surface area contributed by atoms with E-state index >= 15 is 0 Å². The molecule has 0 bridgehead atoms. The molecule has 0 fully saturated rings. The van der Waals surface area contributed by atoms with Crippen LogP contribution in [-0.2, 0) is 0 Å². The average molecular weight is 657 g/mol. The summed E-state index contributed by atoms with van der Waals surface area (Å²) in [6.45, 7) is 0. The van der Waals surface area contributed by atoms with Gasteiger partial charge in [-0.25, -0.2) is 15.0 Å². The molecule has 0 aliphatic rings. The number of para-hydroxylation sites is 2. The van der Waals surface area contributed by atoms with Gasteiger partial charge in [0.25, 0.3) is 0 Å². The maximum absolute atomic E-state index is 5.21. The number of benzene rings is 7. The van der Waals surface area contributed by atoms with Crippen LogP contribution < -0.4 is 0 Å². The van der Waals surface area contributed by atoms with Crippen molar-refractivity contribution in [3.63, 3.8) is 0 Å². The van der Waals surface area contributed by atoms with E-state index in [1.807, 2.05) is 47.7 Å². The first-order valence-electron chi connectivity index (χ1n) is 16.7. The van der Waals surface area contributed by atoms with E-state index in [1.54, 1.807) is 0 Å². The fraction of sp³-hybridized carbons (Fsp3) is 0. The summed E-state index contributed by atoms with van der Waals surface area (Å²) in [5, 5.41) is 5.01. The summed E-state index contributed by atoms with van der Waals surface area (Å²) in [5.74, 6) is 1.90. The second-order valence-corrected chi connectivity index (χ2v) is 13.5. The van der Waals surface area contributed by atoms with Gasteiger partial charge in [-0.05, 0) is 35.9 Å². The van der Waals surface area contributed by atoms with E-state index in [0.717, 1.165) is 44.5 Å². The monoisotopic (exact) mass is 656 g/mol. The Balaban J connectivity index is 1.34. The maximum atomic E-state index is 5.21. The molecule has 0 amide bonds. The zero-order valence-electron chi connectivity index (χ0n) is 26.9. The van der Waals surface area contributed by atoms with Gasteiger partial charge in [0.1, 0.15) is 0 Å². The lowest BCUT2D eigenvalue weighted by atomic mass is 9.98. The van der Waals surface area contributed by atoms with Crippen LogP contribution in [0.25, 0.3) is 93.0 Å². The summed E-state index contributed by atoms with van der Waals surface area (Å²) in [6.07, 6.45) is 0. The van der Waals surface area contributed by atoms with Crippen LogP contribution in [0.3, 0.4) is 0 Å². The molecule has 50 heavy (non-hydrogen) atoms. The molecule has 0 N–H and O–H groups in total. The Morgan fingerprint density at radius 1 is 0.360 bits per heavy atom. The molecule has 3 heterocycles. The minimum Gasteiger partial charge on any atom is -0.308 e. The van der Waals surface area contributed by atoms with Crippen LogP contribution in [0.15, 0.2) is 170 Å². The minimum atomic E-state index is 0.624. The second-order valence-electron chi connectivity index (χ2n) is 12.4. The lowest BCUT2D eigenvalue weighted by molar-refractivity contribution is 1.06. The normalized spacial score (nSPS) is 11.6. The van der Waals surface area contributed by atoms with Crippen molar-refractivity contribution in [1.29, 1.82) is 0 Å². The number of rotatable bonds is 5. The van der Waals surface area contributed by atoms with Gasteiger partial charge in [0.05, 0.1) is 16.7 Å². The van der Waals surface area contributed by atoms with Gasteiger partial charge in [-0.1, -0.05) is 140 Å². The molecule has 10 aromatic rings.